The van der Waals surface area contributed by atoms with Crippen LogP contribution < -0.4 is 0 Å². The molecule has 8 rings (SSSR count). The molecule has 5 aromatic carbocycles. The van der Waals surface area contributed by atoms with Crippen molar-refractivity contribution in [3.8, 4) is 33.4 Å². The molecule has 0 atom stereocenters. The molecule has 1 heteroatoms. The molecule has 0 amide bonds. The van der Waals surface area contributed by atoms with Gasteiger partial charge < -0.3 is 4.42 Å². The van der Waals surface area contributed by atoms with Crippen LogP contribution in [-0.2, 0) is 16.2 Å². The Bertz CT molecular complexity index is 2170. The minimum Gasteiger partial charge on any atom is -0.455 e. The fourth-order valence-electron chi connectivity index (χ4n) is 8.19. The highest BCUT2D eigenvalue weighted by Gasteiger charge is 2.48. The van der Waals surface area contributed by atoms with E-state index in [4.69, 9.17) is 4.42 Å². The van der Waals surface area contributed by atoms with Gasteiger partial charge in [-0.15, -0.1) is 0 Å². The second-order valence-electron chi connectivity index (χ2n) is 15.2. The Morgan fingerprint density at radius 3 is 1.81 bits per heavy atom. The van der Waals surface area contributed by atoms with E-state index >= 15 is 0 Å². The van der Waals surface area contributed by atoms with Crippen LogP contribution in [0.25, 0.3) is 55.3 Å². The molecule has 0 unspecified atom stereocenters. The summed E-state index contributed by atoms with van der Waals surface area (Å²) in [6.45, 7) is 20.9. The van der Waals surface area contributed by atoms with Gasteiger partial charge in [-0.3, -0.25) is 0 Å². The average Bonchev–Trinajstić information content (AvgIpc) is 3.51. The third-order valence-electron chi connectivity index (χ3n) is 10.5. The van der Waals surface area contributed by atoms with Crippen molar-refractivity contribution >= 4 is 21.9 Å². The Morgan fingerprint density at radius 1 is 0.605 bits per heavy atom. The van der Waals surface area contributed by atoms with Gasteiger partial charge in [-0.05, 0) is 87.0 Å². The van der Waals surface area contributed by atoms with Crippen LogP contribution in [0.2, 0.25) is 0 Å². The van der Waals surface area contributed by atoms with E-state index < -0.39 is 0 Å². The predicted octanol–water partition coefficient (Wildman–Crippen LogP) is 11.8. The van der Waals surface area contributed by atoms with Crippen LogP contribution in [0.15, 0.2) is 83.3 Å². The summed E-state index contributed by atoms with van der Waals surface area (Å²) in [5.74, 6) is 0. The first kappa shape index (κ1) is 26.5. The van der Waals surface area contributed by atoms with Crippen LogP contribution in [0.5, 0.6) is 0 Å². The van der Waals surface area contributed by atoms with E-state index in [9.17, 15) is 0 Å². The van der Waals surface area contributed by atoms with Crippen LogP contribution >= 0.6 is 0 Å². The maximum atomic E-state index is 7.07. The van der Waals surface area contributed by atoms with Crippen LogP contribution in [0.3, 0.4) is 0 Å². The smallest absolute Gasteiger partial charge is 0.144 e. The molecule has 1 nitrogen and oxygen atoms in total. The molecule has 6 aromatic rings. The second-order valence-corrected chi connectivity index (χ2v) is 15.2. The van der Waals surface area contributed by atoms with Gasteiger partial charge in [-0.1, -0.05) is 126 Å². The Balaban J connectivity index is 1.51. The SMILES string of the molecule is Cc1ccc2c(c1)C(C)(C)c1c3c(c4c(oc5cc(-c6cccc(C(C)(C)C)c6)ccc54)c1-2)-c1ccc(C)cc1C3(C)C. The molecule has 0 radical (unpaired) electrons. The molecule has 0 spiro atoms. The van der Waals surface area contributed by atoms with Gasteiger partial charge >= 0.3 is 0 Å². The van der Waals surface area contributed by atoms with Crippen molar-refractivity contribution in [1.29, 1.82) is 0 Å². The molecular formula is C42H40O. The van der Waals surface area contributed by atoms with Crippen molar-refractivity contribution in [2.24, 2.45) is 0 Å². The largest absolute Gasteiger partial charge is 0.455 e. The zero-order valence-electron chi connectivity index (χ0n) is 26.9. The van der Waals surface area contributed by atoms with E-state index in [1.54, 1.807) is 0 Å². The molecule has 2 aliphatic rings. The molecule has 2 aliphatic carbocycles. The number of furan rings is 1. The summed E-state index contributed by atoms with van der Waals surface area (Å²) in [6.07, 6.45) is 0. The summed E-state index contributed by atoms with van der Waals surface area (Å²) in [5, 5.41) is 2.46. The van der Waals surface area contributed by atoms with Gasteiger partial charge in [0.1, 0.15) is 11.2 Å². The number of hydrogen-bond acceptors (Lipinski definition) is 1. The molecule has 1 aromatic heterocycles. The normalized spacial score (nSPS) is 15.9. The first-order chi connectivity index (χ1) is 20.3. The van der Waals surface area contributed by atoms with Gasteiger partial charge in [0.2, 0.25) is 0 Å². The lowest BCUT2D eigenvalue weighted by molar-refractivity contribution is 0.590. The monoisotopic (exact) mass is 560 g/mol. The highest BCUT2D eigenvalue weighted by atomic mass is 16.3. The fourth-order valence-corrected chi connectivity index (χ4v) is 8.19. The number of benzene rings is 5. The lowest BCUT2D eigenvalue weighted by Crippen LogP contribution is -2.24. The van der Waals surface area contributed by atoms with Crippen molar-refractivity contribution in [1.82, 2.24) is 0 Å². The first-order valence-electron chi connectivity index (χ1n) is 15.7. The average molecular weight is 561 g/mol. The molecule has 1 heterocycles. The zero-order chi connectivity index (χ0) is 30.2. The van der Waals surface area contributed by atoms with Gasteiger partial charge in [0.25, 0.3) is 0 Å². The van der Waals surface area contributed by atoms with E-state index in [1.807, 2.05) is 0 Å². The Morgan fingerprint density at radius 2 is 1.19 bits per heavy atom. The van der Waals surface area contributed by atoms with Crippen molar-refractivity contribution < 1.29 is 4.42 Å². The molecular weight excluding hydrogens is 520 g/mol. The summed E-state index contributed by atoms with van der Waals surface area (Å²) in [6, 6.07) is 29.9. The fraction of sp³-hybridized carbons (Fsp3) is 0.286. The van der Waals surface area contributed by atoms with Crippen molar-refractivity contribution in [2.45, 2.75) is 78.6 Å². The topological polar surface area (TPSA) is 13.1 Å². The van der Waals surface area contributed by atoms with Gasteiger partial charge in [-0.2, -0.15) is 0 Å². The molecule has 214 valence electrons. The van der Waals surface area contributed by atoms with Crippen molar-refractivity contribution in [3.63, 3.8) is 0 Å². The summed E-state index contributed by atoms with van der Waals surface area (Å²) in [5.41, 5.74) is 19.3. The van der Waals surface area contributed by atoms with Crippen LogP contribution in [0.1, 0.15) is 87.4 Å². The van der Waals surface area contributed by atoms with E-state index in [1.165, 1.54) is 83.1 Å². The Labute approximate surface area is 255 Å². The van der Waals surface area contributed by atoms with Crippen molar-refractivity contribution in [2.75, 3.05) is 0 Å². The third kappa shape index (κ3) is 3.46. The van der Waals surface area contributed by atoms with E-state index in [0.29, 0.717) is 0 Å². The molecule has 0 saturated heterocycles. The van der Waals surface area contributed by atoms with Crippen LogP contribution in [0.4, 0.5) is 0 Å². The summed E-state index contributed by atoms with van der Waals surface area (Å²) in [4.78, 5) is 0. The molecule has 0 N–H and O–H groups in total. The molecule has 0 bridgehead atoms. The number of aryl methyl sites for hydroxylation is 2. The Kier molecular flexibility index (Phi) is 5.11. The number of fused-ring (bicyclic) bond motifs is 12. The van der Waals surface area contributed by atoms with E-state index in [2.05, 4.69) is 141 Å². The standard InChI is InChI=1S/C42H40O/c1-23-13-16-28-31(19-23)41(6,7)37-34(28)35-30-18-15-26(25-11-10-12-27(21-25)40(3,4)5)22-33(30)43-39(35)36-29-17-14-24(2)20-32(29)42(8,9)38(36)37/h10-22H,1-9H3. The van der Waals surface area contributed by atoms with Crippen molar-refractivity contribution in [3.05, 3.63) is 118 Å². The van der Waals surface area contributed by atoms with E-state index in [0.717, 1.165) is 11.2 Å². The maximum absolute atomic E-state index is 7.07. The second kappa shape index (κ2) is 8.29. The lowest BCUT2D eigenvalue weighted by Gasteiger charge is -2.31. The quantitative estimate of drug-likeness (QED) is 0.195. The minimum absolute atomic E-state index is 0.0949. The molecule has 0 aliphatic heterocycles. The molecule has 43 heavy (non-hydrogen) atoms. The maximum Gasteiger partial charge on any atom is 0.144 e. The van der Waals surface area contributed by atoms with Gasteiger partial charge in [0.15, 0.2) is 0 Å². The molecule has 0 fully saturated rings. The van der Waals surface area contributed by atoms with Gasteiger partial charge in [0.05, 0.1) is 0 Å². The van der Waals surface area contributed by atoms with Gasteiger partial charge in [0, 0.05) is 27.2 Å². The van der Waals surface area contributed by atoms with Crippen LogP contribution in [0, 0.1) is 13.8 Å². The highest BCUT2D eigenvalue weighted by Crippen LogP contribution is 2.63. The number of hydrogen-bond donors (Lipinski definition) is 0. The summed E-state index contributed by atoms with van der Waals surface area (Å²) < 4.78 is 7.07. The molecule has 0 saturated carbocycles. The highest BCUT2D eigenvalue weighted by molar-refractivity contribution is 6.21. The summed E-state index contributed by atoms with van der Waals surface area (Å²) in [7, 11) is 0. The first-order valence-corrected chi connectivity index (χ1v) is 15.7. The number of rotatable bonds is 1. The predicted molar refractivity (Wildman–Crippen MR) is 182 cm³/mol. The van der Waals surface area contributed by atoms with Crippen LogP contribution in [-0.4, -0.2) is 0 Å². The van der Waals surface area contributed by atoms with Gasteiger partial charge in [-0.25, -0.2) is 0 Å². The lowest BCUT2D eigenvalue weighted by atomic mass is 9.72. The minimum atomic E-state index is -0.138. The Hall–Kier alpha value is -4.10. The zero-order valence-corrected chi connectivity index (χ0v) is 26.9. The third-order valence-corrected chi connectivity index (χ3v) is 10.5. The van der Waals surface area contributed by atoms with E-state index in [-0.39, 0.29) is 16.2 Å². The summed E-state index contributed by atoms with van der Waals surface area (Å²) >= 11 is 0.